The van der Waals surface area contributed by atoms with Crippen molar-refractivity contribution in [2.45, 2.75) is 37.1 Å². The molecule has 4 aromatic carbocycles. The van der Waals surface area contributed by atoms with E-state index in [0.717, 1.165) is 22.1 Å². The van der Waals surface area contributed by atoms with E-state index in [0.29, 0.717) is 17.4 Å². The first-order valence-electron chi connectivity index (χ1n) is 13.3. The van der Waals surface area contributed by atoms with Crippen molar-refractivity contribution in [2.75, 3.05) is 5.32 Å². The van der Waals surface area contributed by atoms with Crippen LogP contribution in [0.4, 0.5) is 11.4 Å². The maximum atomic E-state index is 12.9. The largest absolute Gasteiger partial charge is 0.378 e. The molecule has 5 nitrogen and oxygen atoms in total. The summed E-state index contributed by atoms with van der Waals surface area (Å²) >= 11 is 3.47. The van der Waals surface area contributed by atoms with E-state index in [2.05, 4.69) is 75.6 Å². The second-order valence-corrected chi connectivity index (χ2v) is 12.9. The van der Waals surface area contributed by atoms with Crippen molar-refractivity contribution < 1.29 is 12.6 Å². The Morgan fingerprint density at radius 3 is 2.45 bits per heavy atom. The van der Waals surface area contributed by atoms with Gasteiger partial charge in [0.2, 0.25) is 0 Å². The van der Waals surface area contributed by atoms with Gasteiger partial charge in [-0.25, -0.2) is 0 Å². The van der Waals surface area contributed by atoms with E-state index in [4.69, 9.17) is 4.18 Å². The van der Waals surface area contributed by atoms with E-state index < -0.39 is 10.1 Å². The Kier molecular flexibility index (Phi) is 7.11. The van der Waals surface area contributed by atoms with Gasteiger partial charge in [-0.2, -0.15) is 8.42 Å². The number of nitrogens with one attached hydrogen (secondary N) is 1. The van der Waals surface area contributed by atoms with Crippen LogP contribution in [0.15, 0.2) is 111 Å². The van der Waals surface area contributed by atoms with Crippen LogP contribution in [0.2, 0.25) is 0 Å². The number of nitrogens with zero attached hydrogens (tertiary/aromatic N) is 1. The number of fused-ring (bicyclic) bond motifs is 3. The molecule has 7 heteroatoms. The molecule has 0 unspecified atom stereocenters. The molecule has 0 aromatic heterocycles. The van der Waals surface area contributed by atoms with Crippen LogP contribution in [0.1, 0.15) is 46.2 Å². The lowest BCUT2D eigenvalue weighted by Crippen LogP contribution is -2.29. The third kappa shape index (κ3) is 5.36. The molecule has 40 heavy (non-hydrogen) atoms. The van der Waals surface area contributed by atoms with E-state index in [1.54, 1.807) is 48.7 Å². The van der Waals surface area contributed by atoms with Gasteiger partial charge in [0.1, 0.15) is 4.90 Å². The minimum Gasteiger partial charge on any atom is -0.378 e. The lowest BCUT2D eigenvalue weighted by Gasteiger charge is -2.37. The average Bonchev–Trinajstić information content (AvgIpc) is 3.44. The number of rotatable bonds is 6. The van der Waals surface area contributed by atoms with Crippen molar-refractivity contribution in [3.05, 3.63) is 129 Å². The Balaban J connectivity index is 1.23. The molecule has 6 rings (SSSR count). The van der Waals surface area contributed by atoms with Gasteiger partial charge in [-0.3, -0.25) is 4.99 Å². The molecule has 0 fully saturated rings. The highest BCUT2D eigenvalue weighted by Gasteiger charge is 2.37. The normalized spacial score (nSPS) is 19.7. The summed E-state index contributed by atoms with van der Waals surface area (Å²) in [7, 11) is -3.99. The number of aliphatic imine (C=N–C) groups is 1. The van der Waals surface area contributed by atoms with E-state index in [1.165, 1.54) is 22.4 Å². The Labute approximate surface area is 243 Å². The van der Waals surface area contributed by atoms with Gasteiger partial charge < -0.3 is 9.50 Å². The third-order valence-electron chi connectivity index (χ3n) is 7.60. The topological polar surface area (TPSA) is 67.8 Å². The second kappa shape index (κ2) is 10.7. The zero-order valence-corrected chi connectivity index (χ0v) is 24.6. The summed E-state index contributed by atoms with van der Waals surface area (Å²) in [6, 6.07) is 26.8. The summed E-state index contributed by atoms with van der Waals surface area (Å²) in [5.74, 6) is 1.11. The fraction of sp³-hybridized carbons (Fsp3) is 0.182. The molecule has 1 N–H and O–H groups in total. The first kappa shape index (κ1) is 26.5. The third-order valence-corrected chi connectivity index (χ3v) is 9.35. The van der Waals surface area contributed by atoms with Crippen LogP contribution in [-0.2, 0) is 10.1 Å². The summed E-state index contributed by atoms with van der Waals surface area (Å²) in [5.41, 5.74) is 7.38. The average molecular weight is 614 g/mol. The number of benzene rings is 4. The van der Waals surface area contributed by atoms with Crippen molar-refractivity contribution in [3.8, 4) is 5.75 Å². The number of allylic oxidation sites excluding steroid dienone is 2. The fourth-order valence-electron chi connectivity index (χ4n) is 5.52. The zero-order valence-electron chi connectivity index (χ0n) is 22.2. The molecule has 0 saturated carbocycles. The molecule has 0 spiro atoms. The second-order valence-electron chi connectivity index (χ2n) is 10.4. The Bertz CT molecular complexity index is 1730. The minimum absolute atomic E-state index is 0.105. The van der Waals surface area contributed by atoms with Crippen molar-refractivity contribution >= 4 is 43.6 Å². The summed E-state index contributed by atoms with van der Waals surface area (Å²) in [6.45, 7) is 4.05. The van der Waals surface area contributed by atoms with Crippen LogP contribution >= 0.6 is 15.9 Å². The molecule has 0 amide bonds. The molecule has 3 atom stereocenters. The first-order valence-corrected chi connectivity index (χ1v) is 15.5. The number of aryl methyl sites for hydroxylation is 2. The summed E-state index contributed by atoms with van der Waals surface area (Å²) in [4.78, 5) is 4.74. The zero-order chi connectivity index (χ0) is 27.9. The summed E-state index contributed by atoms with van der Waals surface area (Å²) in [5, 5.41) is 3.78. The van der Waals surface area contributed by atoms with Crippen molar-refractivity contribution in [2.24, 2.45) is 10.9 Å². The number of halogens is 1. The Morgan fingerprint density at radius 2 is 1.68 bits per heavy atom. The Morgan fingerprint density at radius 1 is 0.925 bits per heavy atom. The smallest absolute Gasteiger partial charge is 0.339 e. The van der Waals surface area contributed by atoms with Gasteiger partial charge in [0.25, 0.3) is 0 Å². The van der Waals surface area contributed by atoms with Gasteiger partial charge in [-0.05, 0) is 85.8 Å². The van der Waals surface area contributed by atoms with Crippen LogP contribution in [-0.4, -0.2) is 14.6 Å². The van der Waals surface area contributed by atoms with Gasteiger partial charge in [0.15, 0.2) is 5.75 Å². The van der Waals surface area contributed by atoms with Gasteiger partial charge in [0, 0.05) is 27.9 Å². The molecular weight excluding hydrogens is 584 g/mol. The lowest BCUT2D eigenvalue weighted by molar-refractivity contribution is 0.425. The van der Waals surface area contributed by atoms with Gasteiger partial charge in [-0.15, -0.1) is 0 Å². The first-order chi connectivity index (χ1) is 19.3. The highest BCUT2D eigenvalue weighted by Crippen LogP contribution is 2.50. The van der Waals surface area contributed by atoms with Gasteiger partial charge in [0.05, 0.1) is 11.7 Å². The van der Waals surface area contributed by atoms with Crippen LogP contribution in [0.5, 0.6) is 5.75 Å². The minimum atomic E-state index is -3.99. The fourth-order valence-corrected chi connectivity index (χ4v) is 6.86. The van der Waals surface area contributed by atoms with Gasteiger partial charge >= 0.3 is 10.1 Å². The molecule has 1 aliphatic heterocycles. The molecule has 2 aliphatic rings. The van der Waals surface area contributed by atoms with E-state index in [-0.39, 0.29) is 16.7 Å². The SMILES string of the molecule is Cc1ccc(S(=O)(=O)Oc2ccc(Br)cc2C=Nc2ccc([C@@H]3Nc4ccc(C)cc4[C@H]4C=CC[C@@H]43)cc2)cc1. The molecule has 1 heterocycles. The van der Waals surface area contributed by atoms with Crippen LogP contribution < -0.4 is 9.50 Å². The maximum Gasteiger partial charge on any atom is 0.339 e. The van der Waals surface area contributed by atoms with Crippen LogP contribution in [0.3, 0.4) is 0 Å². The number of hydrogen-bond acceptors (Lipinski definition) is 5. The highest BCUT2D eigenvalue weighted by molar-refractivity contribution is 9.10. The standard InChI is InChI=1S/C33H29BrN2O3S/c1-21-6-14-27(15-7-21)40(37,38)39-32-17-11-25(34)19-24(32)20-35-26-12-9-23(10-13-26)33-29-5-3-4-28(29)30-18-22(2)8-16-31(30)36-33/h3-4,6-20,28-29,33,36H,5H2,1-2H3/t28-,29-,33-/m0/s1. The van der Waals surface area contributed by atoms with Crippen molar-refractivity contribution in [1.29, 1.82) is 0 Å². The van der Waals surface area contributed by atoms with E-state index in [9.17, 15) is 8.42 Å². The lowest BCUT2D eigenvalue weighted by atomic mass is 9.76. The monoisotopic (exact) mass is 612 g/mol. The number of anilines is 1. The number of hydrogen-bond donors (Lipinski definition) is 1. The quantitative estimate of drug-likeness (QED) is 0.135. The van der Waals surface area contributed by atoms with Gasteiger partial charge in [-0.1, -0.05) is 75.6 Å². The van der Waals surface area contributed by atoms with E-state index in [1.807, 2.05) is 19.1 Å². The Hall–Kier alpha value is -3.68. The predicted octanol–water partition coefficient (Wildman–Crippen LogP) is 8.41. The summed E-state index contributed by atoms with van der Waals surface area (Å²) in [6.07, 6.45) is 7.34. The molecule has 0 radical (unpaired) electrons. The molecule has 0 saturated heterocycles. The van der Waals surface area contributed by atoms with Crippen LogP contribution in [0.25, 0.3) is 0 Å². The molecule has 4 aromatic rings. The molecule has 202 valence electrons. The molecule has 1 aliphatic carbocycles. The molecule has 0 bridgehead atoms. The highest BCUT2D eigenvalue weighted by atomic mass is 79.9. The van der Waals surface area contributed by atoms with Crippen LogP contribution in [0, 0.1) is 19.8 Å². The van der Waals surface area contributed by atoms with Crippen molar-refractivity contribution in [1.82, 2.24) is 0 Å². The maximum absolute atomic E-state index is 12.9. The van der Waals surface area contributed by atoms with Crippen molar-refractivity contribution in [3.63, 3.8) is 0 Å². The van der Waals surface area contributed by atoms with E-state index >= 15 is 0 Å². The predicted molar refractivity (Wildman–Crippen MR) is 164 cm³/mol. The molecular formula is C33H29BrN2O3S. The summed E-state index contributed by atoms with van der Waals surface area (Å²) < 4.78 is 32.1.